The number of rotatable bonds is 8. The average molecular weight is 605 g/mol. The van der Waals surface area contributed by atoms with Gasteiger partial charge in [0.2, 0.25) is 0 Å². The first-order chi connectivity index (χ1) is 18.5. The monoisotopic (exact) mass is 604 g/mol. The molecule has 0 radical (unpaired) electrons. The maximum atomic E-state index is 15.1. The van der Waals surface area contributed by atoms with Gasteiger partial charge in [-0.05, 0) is 63.4 Å². The van der Waals surface area contributed by atoms with Gasteiger partial charge >= 0.3 is 12.3 Å². The molecule has 2 amide bonds. The van der Waals surface area contributed by atoms with E-state index in [1.165, 1.54) is 4.90 Å². The Hall–Kier alpha value is -2.99. The fraction of sp³-hybridized carbons (Fsp3) is 0.444. The predicted molar refractivity (Wildman–Crippen MR) is 142 cm³/mol. The highest BCUT2D eigenvalue weighted by Gasteiger charge is 2.37. The number of carbonyl (C=O) groups is 3. The molecule has 0 unspecified atom stereocenters. The number of fused-ring (bicyclic) bond motifs is 1. The van der Waals surface area contributed by atoms with Gasteiger partial charge in [-0.1, -0.05) is 23.7 Å². The zero-order chi connectivity index (χ0) is 29.8. The fourth-order valence-electron chi connectivity index (χ4n) is 4.00. The zero-order valence-corrected chi connectivity index (χ0v) is 23.6. The third-order valence-corrected chi connectivity index (χ3v) is 7.53. The number of unbranched alkanes of at least 4 members (excludes halogenated alkanes) is 1. The molecule has 3 rings (SSSR count). The maximum Gasteiger partial charge on any atom is 0.408 e. The molecule has 40 heavy (non-hydrogen) atoms. The van der Waals surface area contributed by atoms with Gasteiger partial charge in [0.1, 0.15) is 17.5 Å². The normalized spacial score (nSPS) is 17.7. The molecule has 1 heterocycles. The number of Topliss-reactive ketones (excluding diaryl/α,β-unsaturated/α-hetero) is 1. The topological polar surface area (TPSA) is 92.8 Å². The summed E-state index contributed by atoms with van der Waals surface area (Å²) in [5.41, 5.74) is -0.722. The molecule has 7 nitrogen and oxygen atoms in total. The Morgan fingerprint density at radius 3 is 2.38 bits per heavy atom. The Labute approximate surface area is 236 Å². The number of carbonyl (C=O) groups excluding carboxylic acids is 3. The summed E-state index contributed by atoms with van der Waals surface area (Å²) in [6.07, 6.45) is -7.11. The van der Waals surface area contributed by atoms with Crippen LogP contribution in [0.3, 0.4) is 0 Å². The van der Waals surface area contributed by atoms with E-state index in [1.54, 1.807) is 45.0 Å². The highest BCUT2D eigenvalue weighted by molar-refractivity contribution is 7.85. The molecule has 0 bridgehead atoms. The lowest BCUT2D eigenvalue weighted by Gasteiger charge is -2.27. The molecular formula is C27H29ClF4N2O5S. The van der Waals surface area contributed by atoms with Gasteiger partial charge < -0.3 is 15.0 Å². The molecule has 2 atom stereocenters. The molecular weight excluding hydrogens is 576 g/mol. The second kappa shape index (κ2) is 12.7. The average Bonchev–Trinajstić information content (AvgIpc) is 2.91. The number of benzene rings is 2. The summed E-state index contributed by atoms with van der Waals surface area (Å²) in [6.45, 7) is 4.80. The molecule has 0 saturated carbocycles. The van der Waals surface area contributed by atoms with Crippen molar-refractivity contribution in [2.24, 2.45) is 0 Å². The van der Waals surface area contributed by atoms with Crippen molar-refractivity contribution in [3.05, 3.63) is 58.4 Å². The molecule has 0 aliphatic carbocycles. The van der Waals surface area contributed by atoms with Crippen LogP contribution in [0, 0.1) is 5.82 Å². The Balaban J connectivity index is 1.98. The summed E-state index contributed by atoms with van der Waals surface area (Å²) in [5.74, 6) is -2.82. The summed E-state index contributed by atoms with van der Waals surface area (Å²) < 4.78 is 70.9. The highest BCUT2D eigenvalue weighted by Crippen LogP contribution is 2.33. The first-order valence-corrected chi connectivity index (χ1v) is 14.1. The van der Waals surface area contributed by atoms with Crippen molar-refractivity contribution >= 4 is 45.9 Å². The van der Waals surface area contributed by atoms with E-state index in [9.17, 15) is 31.8 Å². The Morgan fingerprint density at radius 1 is 1.12 bits per heavy atom. The van der Waals surface area contributed by atoms with Crippen LogP contribution < -0.4 is 10.2 Å². The van der Waals surface area contributed by atoms with Crippen molar-refractivity contribution in [1.82, 2.24) is 5.32 Å². The van der Waals surface area contributed by atoms with Crippen LogP contribution in [0.15, 0.2) is 41.3 Å². The lowest BCUT2D eigenvalue weighted by atomic mass is 10.0. The summed E-state index contributed by atoms with van der Waals surface area (Å²) in [5, 5.41) is 2.88. The predicted octanol–water partition coefficient (Wildman–Crippen LogP) is 6.33. The van der Waals surface area contributed by atoms with Crippen LogP contribution in [0.25, 0.3) is 0 Å². The number of alkyl carbamates (subject to hydrolysis) is 1. The van der Waals surface area contributed by atoms with Gasteiger partial charge in [-0.2, -0.15) is 13.2 Å². The van der Waals surface area contributed by atoms with Gasteiger partial charge in [0.05, 0.1) is 39.2 Å². The lowest BCUT2D eigenvalue weighted by molar-refractivity contribution is -0.135. The van der Waals surface area contributed by atoms with E-state index < -0.39 is 64.2 Å². The number of hydrogen-bond donors (Lipinski definition) is 1. The van der Waals surface area contributed by atoms with Crippen molar-refractivity contribution in [2.75, 3.05) is 10.7 Å². The van der Waals surface area contributed by atoms with Crippen molar-refractivity contribution in [3.8, 4) is 0 Å². The largest absolute Gasteiger partial charge is 0.444 e. The molecule has 2 aromatic rings. The molecule has 0 fully saturated rings. The molecule has 1 N–H and O–H groups in total. The number of hydrogen-bond acceptors (Lipinski definition) is 5. The molecule has 0 saturated heterocycles. The SMILES string of the molecule is CC(C)(C)OC(=O)N[C@H]1C[S@](=O)c2cc(F)c(C(=O)CCCCC(F)(F)F)cc2N(Cc2ccc(Cl)cc2)C1=O. The van der Waals surface area contributed by atoms with E-state index in [2.05, 4.69) is 5.32 Å². The van der Waals surface area contributed by atoms with Gasteiger partial charge in [0.15, 0.2) is 5.78 Å². The number of alkyl halides is 3. The van der Waals surface area contributed by atoms with Crippen LogP contribution in [0.5, 0.6) is 0 Å². The van der Waals surface area contributed by atoms with Gasteiger partial charge in [0.25, 0.3) is 5.91 Å². The summed E-state index contributed by atoms with van der Waals surface area (Å²) >= 11 is 5.97. The van der Waals surface area contributed by atoms with Crippen molar-refractivity contribution in [3.63, 3.8) is 0 Å². The van der Waals surface area contributed by atoms with Crippen LogP contribution >= 0.6 is 11.6 Å². The van der Waals surface area contributed by atoms with Crippen LogP contribution in [0.2, 0.25) is 5.02 Å². The molecule has 1 aliphatic rings. The van der Waals surface area contributed by atoms with Crippen LogP contribution in [-0.2, 0) is 26.9 Å². The van der Waals surface area contributed by atoms with Gasteiger partial charge in [-0.25, -0.2) is 9.18 Å². The van der Waals surface area contributed by atoms with Crippen LogP contribution in [0.4, 0.5) is 28.0 Å². The Bertz CT molecular complexity index is 1300. The zero-order valence-electron chi connectivity index (χ0n) is 22.1. The van der Waals surface area contributed by atoms with E-state index >= 15 is 4.39 Å². The molecule has 1 aliphatic heterocycles. The highest BCUT2D eigenvalue weighted by atomic mass is 35.5. The van der Waals surface area contributed by atoms with Crippen molar-refractivity contribution in [2.45, 2.75) is 75.7 Å². The minimum Gasteiger partial charge on any atom is -0.444 e. The van der Waals surface area contributed by atoms with Crippen molar-refractivity contribution in [1.29, 1.82) is 0 Å². The second-order valence-corrected chi connectivity index (χ2v) is 12.2. The quantitative estimate of drug-likeness (QED) is 0.216. The number of ether oxygens (including phenoxy) is 1. The van der Waals surface area contributed by atoms with E-state index in [4.69, 9.17) is 16.3 Å². The lowest BCUT2D eigenvalue weighted by Crippen LogP contribution is -2.51. The molecule has 13 heteroatoms. The number of nitrogens with zero attached hydrogens (tertiary/aromatic N) is 1. The number of ketones is 1. The van der Waals surface area contributed by atoms with E-state index in [-0.39, 0.29) is 42.1 Å². The van der Waals surface area contributed by atoms with Gasteiger partial charge in [0, 0.05) is 17.9 Å². The summed E-state index contributed by atoms with van der Waals surface area (Å²) in [4.78, 5) is 40.1. The van der Waals surface area contributed by atoms with E-state index in [0.29, 0.717) is 10.6 Å². The second-order valence-electron chi connectivity index (χ2n) is 10.3. The number of amides is 2. The Kier molecular flexibility index (Phi) is 9.99. The standard InChI is InChI=1S/C27H29ClF4N2O5S/c1-26(2,3)39-25(37)33-20-15-40(38)23-13-19(29)18(22(35)6-4-5-11-27(30,31)32)12-21(23)34(24(20)36)14-16-7-9-17(28)10-8-16/h7-10,12-13,20H,4-6,11,14-15H2,1-3H3,(H,33,37)/t20-,40-/m0/s1. The third kappa shape index (κ3) is 8.76. The first-order valence-electron chi connectivity index (χ1n) is 12.4. The van der Waals surface area contributed by atoms with E-state index in [0.717, 1.165) is 12.1 Å². The first kappa shape index (κ1) is 31.5. The molecule has 2 aromatic carbocycles. The van der Waals surface area contributed by atoms with Gasteiger partial charge in [-0.3, -0.25) is 13.8 Å². The Morgan fingerprint density at radius 2 is 1.77 bits per heavy atom. The smallest absolute Gasteiger partial charge is 0.408 e. The minimum absolute atomic E-state index is 0.00758. The minimum atomic E-state index is -4.37. The summed E-state index contributed by atoms with van der Waals surface area (Å²) in [6, 6.07) is 7.16. The number of anilines is 1. The van der Waals surface area contributed by atoms with Crippen LogP contribution in [0.1, 0.15) is 62.4 Å². The number of halogens is 5. The van der Waals surface area contributed by atoms with Crippen LogP contribution in [-0.4, -0.2) is 45.6 Å². The molecule has 0 spiro atoms. The van der Waals surface area contributed by atoms with E-state index in [1.807, 2.05) is 0 Å². The van der Waals surface area contributed by atoms with Gasteiger partial charge in [-0.15, -0.1) is 0 Å². The maximum absolute atomic E-state index is 15.1. The molecule has 218 valence electrons. The van der Waals surface area contributed by atoms with Crippen molar-refractivity contribution < 1.29 is 40.9 Å². The fourth-order valence-corrected chi connectivity index (χ4v) is 5.48. The summed E-state index contributed by atoms with van der Waals surface area (Å²) in [7, 11) is -1.98. The molecule has 0 aromatic heterocycles. The third-order valence-electron chi connectivity index (χ3n) is 5.83. The number of nitrogens with one attached hydrogen (secondary N) is 1.